The molecule has 2 heterocycles. The number of ether oxygens (including phenoxy) is 1. The highest BCUT2D eigenvalue weighted by Gasteiger charge is 2.39. The van der Waals surface area contributed by atoms with Crippen LogP contribution in [0.1, 0.15) is 18.2 Å². The van der Waals surface area contributed by atoms with Crippen molar-refractivity contribution in [3.05, 3.63) is 28.5 Å². The topological polar surface area (TPSA) is 26.3 Å². The van der Waals surface area contributed by atoms with E-state index in [0.717, 1.165) is 6.42 Å². The summed E-state index contributed by atoms with van der Waals surface area (Å²) in [4.78, 5) is 14.0. The Kier molecular flexibility index (Phi) is 2.89. The van der Waals surface area contributed by atoms with Crippen LogP contribution in [0.15, 0.2) is 23.6 Å². The number of allylic oxidation sites excluding steroid dienone is 1. The zero-order chi connectivity index (χ0) is 10.9. The fourth-order valence-corrected chi connectivity index (χ4v) is 3.61. The smallest absolute Gasteiger partial charge is 0.322 e. The third kappa shape index (κ3) is 1.96. The Balaban J connectivity index is 2.14. The van der Waals surface area contributed by atoms with Crippen LogP contribution in [0.4, 0.5) is 0 Å². The van der Waals surface area contributed by atoms with E-state index in [1.807, 2.05) is 18.4 Å². The van der Waals surface area contributed by atoms with Gasteiger partial charge < -0.3 is 4.74 Å². The van der Waals surface area contributed by atoms with Crippen LogP contribution in [0.5, 0.6) is 0 Å². The maximum absolute atomic E-state index is 11.6. The summed E-state index contributed by atoms with van der Waals surface area (Å²) in [6.45, 7) is 1.93. The van der Waals surface area contributed by atoms with E-state index in [9.17, 15) is 4.79 Å². The van der Waals surface area contributed by atoms with Gasteiger partial charge in [-0.1, -0.05) is 12.1 Å². The van der Waals surface area contributed by atoms with Gasteiger partial charge in [0.1, 0.15) is 4.75 Å². The van der Waals surface area contributed by atoms with Crippen LogP contribution >= 0.6 is 23.1 Å². The highest BCUT2D eigenvalue weighted by Crippen LogP contribution is 2.48. The maximum atomic E-state index is 11.6. The summed E-state index contributed by atoms with van der Waals surface area (Å²) in [5.41, 5.74) is 0. The Morgan fingerprint density at radius 3 is 3.00 bits per heavy atom. The Hall–Kier alpha value is -0.740. The molecule has 0 fully saturated rings. The van der Waals surface area contributed by atoms with E-state index in [-0.39, 0.29) is 5.97 Å². The minimum Gasteiger partial charge on any atom is -0.468 e. The number of thiophene rings is 1. The maximum Gasteiger partial charge on any atom is 0.322 e. The average Bonchev–Trinajstić information content (AvgIpc) is 2.85. The molecule has 1 aliphatic heterocycles. The molecule has 1 unspecified atom stereocenters. The van der Waals surface area contributed by atoms with Crippen molar-refractivity contribution in [3.8, 4) is 0 Å². The number of methoxy groups -OCH3 is 1. The second-order valence-electron chi connectivity index (χ2n) is 3.57. The minimum atomic E-state index is -0.436. The normalized spacial score (nSPS) is 25.1. The average molecular weight is 240 g/mol. The molecule has 4 heteroatoms. The predicted molar refractivity (Wildman–Crippen MR) is 64.9 cm³/mol. The quantitative estimate of drug-likeness (QED) is 0.743. The number of rotatable bonds is 2. The summed E-state index contributed by atoms with van der Waals surface area (Å²) in [6.07, 6.45) is 2.87. The fraction of sp³-hybridized carbons (Fsp3) is 0.364. The number of hydrogen-bond acceptors (Lipinski definition) is 4. The van der Waals surface area contributed by atoms with Crippen LogP contribution in [0.2, 0.25) is 0 Å². The second-order valence-corrected chi connectivity index (χ2v) is 6.07. The van der Waals surface area contributed by atoms with E-state index in [1.54, 1.807) is 23.1 Å². The Labute approximate surface area is 97.3 Å². The molecule has 0 bridgehead atoms. The molecule has 1 aromatic heterocycles. The molecule has 1 aliphatic rings. The summed E-state index contributed by atoms with van der Waals surface area (Å²) in [7, 11) is 1.44. The van der Waals surface area contributed by atoms with Gasteiger partial charge in [-0.05, 0) is 24.8 Å². The SMILES string of the molecule is COC(=O)C1(C)CC=C(c2cccs2)S1. The number of carbonyl (C=O) groups excluding carboxylic acids is 1. The van der Waals surface area contributed by atoms with E-state index in [2.05, 4.69) is 12.1 Å². The first-order valence-corrected chi connectivity index (χ1v) is 6.37. The minimum absolute atomic E-state index is 0.143. The van der Waals surface area contributed by atoms with Crippen molar-refractivity contribution in [3.63, 3.8) is 0 Å². The Morgan fingerprint density at radius 1 is 1.60 bits per heavy atom. The monoisotopic (exact) mass is 240 g/mol. The highest BCUT2D eigenvalue weighted by molar-refractivity contribution is 8.10. The van der Waals surface area contributed by atoms with Crippen LogP contribution in [0.3, 0.4) is 0 Å². The summed E-state index contributed by atoms with van der Waals surface area (Å²) in [5, 5.41) is 2.05. The van der Waals surface area contributed by atoms with Gasteiger partial charge in [0.25, 0.3) is 0 Å². The van der Waals surface area contributed by atoms with E-state index < -0.39 is 4.75 Å². The molecule has 0 radical (unpaired) electrons. The van der Waals surface area contributed by atoms with Crippen molar-refractivity contribution < 1.29 is 9.53 Å². The van der Waals surface area contributed by atoms with Crippen molar-refractivity contribution in [2.24, 2.45) is 0 Å². The zero-order valence-corrected chi connectivity index (χ0v) is 10.3. The lowest BCUT2D eigenvalue weighted by Gasteiger charge is -2.19. The molecule has 1 atom stereocenters. The van der Waals surface area contributed by atoms with Crippen molar-refractivity contribution in [1.29, 1.82) is 0 Å². The fourth-order valence-electron chi connectivity index (χ4n) is 1.52. The number of carbonyl (C=O) groups is 1. The van der Waals surface area contributed by atoms with Crippen LogP contribution < -0.4 is 0 Å². The first-order chi connectivity index (χ1) is 7.15. The van der Waals surface area contributed by atoms with Crippen LogP contribution in [0.25, 0.3) is 4.91 Å². The lowest BCUT2D eigenvalue weighted by molar-refractivity contribution is -0.142. The molecule has 0 aliphatic carbocycles. The first kappa shape index (κ1) is 10.8. The third-order valence-corrected chi connectivity index (χ3v) is 4.82. The predicted octanol–water partition coefficient (Wildman–Crippen LogP) is 3.16. The number of esters is 1. The van der Waals surface area contributed by atoms with E-state index in [1.165, 1.54) is 16.9 Å². The van der Waals surface area contributed by atoms with Gasteiger partial charge in [0, 0.05) is 9.78 Å². The molecule has 0 N–H and O–H groups in total. The highest BCUT2D eigenvalue weighted by atomic mass is 32.2. The summed E-state index contributed by atoms with van der Waals surface area (Å²) in [6, 6.07) is 4.10. The van der Waals surface area contributed by atoms with E-state index in [4.69, 9.17) is 4.74 Å². The molecule has 0 spiro atoms. The first-order valence-electron chi connectivity index (χ1n) is 4.67. The largest absolute Gasteiger partial charge is 0.468 e. The van der Waals surface area contributed by atoms with Gasteiger partial charge in [-0.15, -0.1) is 23.1 Å². The number of thioether (sulfide) groups is 1. The van der Waals surface area contributed by atoms with Gasteiger partial charge in [-0.2, -0.15) is 0 Å². The van der Waals surface area contributed by atoms with Gasteiger partial charge in [-0.25, -0.2) is 0 Å². The van der Waals surface area contributed by atoms with Gasteiger partial charge in [0.05, 0.1) is 7.11 Å². The van der Waals surface area contributed by atoms with Crippen molar-refractivity contribution in [1.82, 2.24) is 0 Å². The molecule has 0 saturated heterocycles. The van der Waals surface area contributed by atoms with Crippen LogP contribution in [0, 0.1) is 0 Å². The third-order valence-electron chi connectivity index (χ3n) is 2.39. The lowest BCUT2D eigenvalue weighted by Crippen LogP contribution is -2.30. The molecule has 2 rings (SSSR count). The van der Waals surface area contributed by atoms with Crippen molar-refractivity contribution in [2.75, 3.05) is 7.11 Å². The summed E-state index contributed by atoms with van der Waals surface area (Å²) < 4.78 is 4.38. The van der Waals surface area contributed by atoms with Crippen LogP contribution in [-0.4, -0.2) is 17.8 Å². The van der Waals surface area contributed by atoms with E-state index in [0.29, 0.717) is 0 Å². The van der Waals surface area contributed by atoms with Gasteiger partial charge in [0.15, 0.2) is 0 Å². The second kappa shape index (κ2) is 4.02. The Morgan fingerprint density at radius 2 is 2.40 bits per heavy atom. The molecule has 0 saturated carbocycles. The molecule has 80 valence electrons. The van der Waals surface area contributed by atoms with Crippen molar-refractivity contribution >= 4 is 34.0 Å². The molecule has 0 amide bonds. The molecular weight excluding hydrogens is 228 g/mol. The van der Waals surface area contributed by atoms with Gasteiger partial charge >= 0.3 is 5.97 Å². The molecule has 15 heavy (non-hydrogen) atoms. The zero-order valence-electron chi connectivity index (χ0n) is 8.65. The van der Waals surface area contributed by atoms with Crippen molar-refractivity contribution in [2.45, 2.75) is 18.1 Å². The standard InChI is InChI=1S/C11H12O2S2/c1-11(10(12)13-2)6-5-9(15-11)8-4-3-7-14-8/h3-5,7H,6H2,1-2H3. The molecule has 2 nitrogen and oxygen atoms in total. The lowest BCUT2D eigenvalue weighted by atomic mass is 10.1. The Bertz CT molecular complexity index is 395. The van der Waals surface area contributed by atoms with Gasteiger partial charge in [-0.3, -0.25) is 4.79 Å². The summed E-state index contributed by atoms with van der Waals surface area (Å²) >= 11 is 3.30. The molecule has 1 aromatic rings. The van der Waals surface area contributed by atoms with E-state index >= 15 is 0 Å². The summed E-state index contributed by atoms with van der Waals surface area (Å²) in [5.74, 6) is -0.143. The number of hydrogen-bond donors (Lipinski definition) is 0. The van der Waals surface area contributed by atoms with Crippen LogP contribution in [-0.2, 0) is 9.53 Å². The molecule has 0 aromatic carbocycles. The molecular formula is C11H12O2S2. The van der Waals surface area contributed by atoms with Gasteiger partial charge in [0.2, 0.25) is 0 Å².